The number of amides is 1. The number of hydrogen-bond donors (Lipinski definition) is 3. The van der Waals surface area contributed by atoms with Crippen LogP contribution in [0.3, 0.4) is 0 Å². The summed E-state index contributed by atoms with van der Waals surface area (Å²) in [5, 5.41) is 19.0. The lowest BCUT2D eigenvalue weighted by molar-refractivity contribution is -0.115. The van der Waals surface area contributed by atoms with Gasteiger partial charge in [0.05, 0.1) is 12.1 Å². The molecule has 2 aromatic heterocycles. The van der Waals surface area contributed by atoms with Crippen molar-refractivity contribution in [3.63, 3.8) is 0 Å². The van der Waals surface area contributed by atoms with Crippen molar-refractivity contribution < 1.29 is 14.7 Å². The van der Waals surface area contributed by atoms with Crippen LogP contribution in [0.1, 0.15) is 30.0 Å². The summed E-state index contributed by atoms with van der Waals surface area (Å²) in [7, 11) is 0. The van der Waals surface area contributed by atoms with Crippen LogP contribution in [0.25, 0.3) is 11.3 Å². The number of aromatic nitrogens is 3. The molecule has 0 aliphatic heterocycles. The summed E-state index contributed by atoms with van der Waals surface area (Å²) in [5.74, 6) is 0.971. The van der Waals surface area contributed by atoms with E-state index in [2.05, 4.69) is 15.5 Å². The number of anilines is 1. The Labute approximate surface area is 149 Å². The number of hydrogen-bond acceptors (Lipinski definition) is 3. The molecule has 132 valence electrons. The largest absolute Gasteiger partial charge is 0.464 e. The van der Waals surface area contributed by atoms with Gasteiger partial charge in [0, 0.05) is 23.9 Å². The Hall–Kier alpha value is -3.35. The predicted octanol–water partition coefficient (Wildman–Crippen LogP) is 3.46. The molecule has 7 nitrogen and oxygen atoms in total. The molecule has 1 aromatic carbocycles. The standard InChI is InChI=1S/C19H18N4O3/c24-18(20-17-11-15(21-22-17)13-7-8-13)10-12-3-5-14(6-4-12)16-2-1-9-23(16)19(25)26/h1-6,9,11,13H,7-8,10H2,(H,25,26)(H2,20,21,22,24). The van der Waals surface area contributed by atoms with E-state index in [0.29, 0.717) is 17.4 Å². The van der Waals surface area contributed by atoms with E-state index >= 15 is 0 Å². The van der Waals surface area contributed by atoms with Crippen LogP contribution < -0.4 is 5.32 Å². The molecule has 1 aliphatic carbocycles. The van der Waals surface area contributed by atoms with Crippen molar-refractivity contribution in [2.24, 2.45) is 0 Å². The minimum atomic E-state index is -1.03. The molecule has 1 aliphatic rings. The zero-order valence-corrected chi connectivity index (χ0v) is 14.0. The first kappa shape index (κ1) is 16.1. The quantitative estimate of drug-likeness (QED) is 0.656. The van der Waals surface area contributed by atoms with Crippen LogP contribution in [0.4, 0.5) is 10.6 Å². The molecule has 7 heteroatoms. The highest BCUT2D eigenvalue weighted by atomic mass is 16.4. The molecule has 3 N–H and O–H groups in total. The van der Waals surface area contributed by atoms with Gasteiger partial charge in [0.25, 0.3) is 0 Å². The Bertz CT molecular complexity index is 951. The molecular formula is C19H18N4O3. The van der Waals surface area contributed by atoms with Crippen molar-refractivity contribution in [2.75, 3.05) is 5.32 Å². The van der Waals surface area contributed by atoms with E-state index in [1.54, 1.807) is 12.1 Å². The van der Waals surface area contributed by atoms with Crippen LogP contribution in [0, 0.1) is 0 Å². The summed E-state index contributed by atoms with van der Waals surface area (Å²) >= 11 is 0. The number of H-pyrrole nitrogens is 1. The Morgan fingerprint density at radius 3 is 2.69 bits per heavy atom. The summed E-state index contributed by atoms with van der Waals surface area (Å²) in [4.78, 5) is 23.4. The molecular weight excluding hydrogens is 332 g/mol. The monoisotopic (exact) mass is 350 g/mol. The molecule has 0 saturated heterocycles. The molecule has 0 unspecified atom stereocenters. The first-order valence-electron chi connectivity index (χ1n) is 8.45. The van der Waals surface area contributed by atoms with Gasteiger partial charge in [-0.25, -0.2) is 4.79 Å². The molecule has 0 bridgehead atoms. The Morgan fingerprint density at radius 2 is 2.00 bits per heavy atom. The molecule has 1 amide bonds. The van der Waals surface area contributed by atoms with Gasteiger partial charge in [0.2, 0.25) is 5.91 Å². The van der Waals surface area contributed by atoms with Crippen molar-refractivity contribution in [2.45, 2.75) is 25.2 Å². The van der Waals surface area contributed by atoms with Crippen molar-refractivity contribution in [1.29, 1.82) is 0 Å². The molecule has 1 fully saturated rings. The first-order valence-corrected chi connectivity index (χ1v) is 8.45. The lowest BCUT2D eigenvalue weighted by Crippen LogP contribution is -2.14. The second kappa shape index (κ2) is 6.51. The summed E-state index contributed by atoms with van der Waals surface area (Å²) in [6.45, 7) is 0. The lowest BCUT2D eigenvalue weighted by Gasteiger charge is -2.06. The molecule has 26 heavy (non-hydrogen) atoms. The lowest BCUT2D eigenvalue weighted by atomic mass is 10.1. The van der Waals surface area contributed by atoms with Crippen LogP contribution in [0.15, 0.2) is 48.7 Å². The highest BCUT2D eigenvalue weighted by Crippen LogP contribution is 2.39. The maximum Gasteiger partial charge on any atom is 0.415 e. The SMILES string of the molecule is O=C(Cc1ccc(-c2cccn2C(=O)O)cc1)Nc1cc(C2CC2)[nH]n1. The van der Waals surface area contributed by atoms with Crippen LogP contribution in [0.5, 0.6) is 0 Å². The Balaban J connectivity index is 1.40. The van der Waals surface area contributed by atoms with Gasteiger partial charge in [0.1, 0.15) is 0 Å². The zero-order valence-electron chi connectivity index (χ0n) is 14.0. The highest BCUT2D eigenvalue weighted by molar-refractivity contribution is 5.91. The minimum Gasteiger partial charge on any atom is -0.464 e. The smallest absolute Gasteiger partial charge is 0.415 e. The second-order valence-electron chi connectivity index (χ2n) is 6.45. The van der Waals surface area contributed by atoms with E-state index in [9.17, 15) is 14.7 Å². The molecule has 0 spiro atoms. The molecule has 1 saturated carbocycles. The molecule has 0 atom stereocenters. The van der Waals surface area contributed by atoms with Crippen LogP contribution >= 0.6 is 0 Å². The van der Waals surface area contributed by atoms with E-state index in [-0.39, 0.29) is 12.3 Å². The molecule has 4 rings (SSSR count). The Kier molecular flexibility index (Phi) is 4.04. The van der Waals surface area contributed by atoms with Crippen molar-refractivity contribution in [3.8, 4) is 11.3 Å². The van der Waals surface area contributed by atoms with E-state index < -0.39 is 6.09 Å². The highest BCUT2D eigenvalue weighted by Gasteiger charge is 2.25. The van der Waals surface area contributed by atoms with Gasteiger partial charge >= 0.3 is 6.09 Å². The fraction of sp³-hybridized carbons (Fsp3) is 0.211. The van der Waals surface area contributed by atoms with Crippen LogP contribution in [-0.4, -0.2) is 31.9 Å². The van der Waals surface area contributed by atoms with Crippen molar-refractivity contribution in [3.05, 3.63) is 59.9 Å². The Morgan fingerprint density at radius 1 is 1.23 bits per heavy atom. The van der Waals surface area contributed by atoms with Gasteiger partial charge in [-0.2, -0.15) is 5.10 Å². The van der Waals surface area contributed by atoms with Gasteiger partial charge in [-0.1, -0.05) is 24.3 Å². The van der Waals surface area contributed by atoms with Gasteiger partial charge in [-0.05, 0) is 36.1 Å². The van der Waals surface area contributed by atoms with E-state index in [4.69, 9.17) is 0 Å². The van der Waals surface area contributed by atoms with E-state index in [0.717, 1.165) is 21.4 Å². The summed E-state index contributed by atoms with van der Waals surface area (Å²) in [6, 6.07) is 12.6. The fourth-order valence-electron chi connectivity index (χ4n) is 2.95. The van der Waals surface area contributed by atoms with E-state index in [1.807, 2.05) is 30.3 Å². The predicted molar refractivity (Wildman–Crippen MR) is 96.2 cm³/mol. The number of carbonyl (C=O) groups excluding carboxylic acids is 1. The van der Waals surface area contributed by atoms with Gasteiger partial charge in [-0.15, -0.1) is 0 Å². The van der Waals surface area contributed by atoms with E-state index in [1.165, 1.54) is 19.0 Å². The summed E-state index contributed by atoms with van der Waals surface area (Å²) < 4.78 is 1.16. The normalized spacial score (nSPS) is 13.5. The average molecular weight is 350 g/mol. The third kappa shape index (κ3) is 3.37. The maximum atomic E-state index is 12.2. The fourth-order valence-corrected chi connectivity index (χ4v) is 2.95. The zero-order chi connectivity index (χ0) is 18.1. The maximum absolute atomic E-state index is 12.2. The molecule has 3 aromatic rings. The average Bonchev–Trinajstić information content (AvgIpc) is 3.16. The second-order valence-corrected chi connectivity index (χ2v) is 6.45. The summed E-state index contributed by atoms with van der Waals surface area (Å²) in [5.41, 5.74) is 3.30. The van der Waals surface area contributed by atoms with Gasteiger partial charge < -0.3 is 10.4 Å². The van der Waals surface area contributed by atoms with Crippen molar-refractivity contribution in [1.82, 2.24) is 14.8 Å². The number of carboxylic acid groups (broad SMARTS) is 1. The van der Waals surface area contributed by atoms with Crippen LogP contribution in [-0.2, 0) is 11.2 Å². The number of aromatic amines is 1. The molecule has 2 heterocycles. The van der Waals surface area contributed by atoms with Crippen LogP contribution in [0.2, 0.25) is 0 Å². The number of nitrogens with one attached hydrogen (secondary N) is 2. The number of benzene rings is 1. The van der Waals surface area contributed by atoms with Gasteiger partial charge in [0.15, 0.2) is 5.82 Å². The van der Waals surface area contributed by atoms with Crippen molar-refractivity contribution >= 4 is 17.8 Å². The van der Waals surface area contributed by atoms with Gasteiger partial charge in [-0.3, -0.25) is 14.5 Å². The molecule has 0 radical (unpaired) electrons. The third-order valence-electron chi connectivity index (χ3n) is 4.45. The first-order chi connectivity index (χ1) is 12.6. The number of rotatable bonds is 5. The topological polar surface area (TPSA) is 100 Å². The number of nitrogens with zero attached hydrogens (tertiary/aromatic N) is 2. The number of carbonyl (C=O) groups is 2. The third-order valence-corrected chi connectivity index (χ3v) is 4.45. The summed E-state index contributed by atoms with van der Waals surface area (Å²) in [6.07, 6.45) is 3.04. The minimum absolute atomic E-state index is 0.138.